The SMILES string of the molecule is N#Cc1ccccc1CN1CCCC2(CCNCC2)C1=O. The summed E-state index contributed by atoms with van der Waals surface area (Å²) in [5.41, 5.74) is 1.49. The molecule has 21 heavy (non-hydrogen) atoms. The van der Waals surface area contributed by atoms with Crippen LogP contribution < -0.4 is 5.32 Å². The summed E-state index contributed by atoms with van der Waals surface area (Å²) < 4.78 is 0. The molecule has 1 spiro atoms. The molecule has 2 aliphatic rings. The van der Waals surface area contributed by atoms with Crippen LogP contribution in [0.15, 0.2) is 24.3 Å². The predicted octanol–water partition coefficient (Wildman–Crippen LogP) is 2.05. The van der Waals surface area contributed by atoms with Gasteiger partial charge < -0.3 is 10.2 Å². The van der Waals surface area contributed by atoms with Gasteiger partial charge in [0.15, 0.2) is 0 Å². The molecule has 0 saturated carbocycles. The summed E-state index contributed by atoms with van der Waals surface area (Å²) in [5, 5.41) is 12.5. The first-order valence-corrected chi connectivity index (χ1v) is 7.73. The van der Waals surface area contributed by atoms with E-state index in [2.05, 4.69) is 11.4 Å². The molecule has 0 radical (unpaired) electrons. The van der Waals surface area contributed by atoms with Crippen LogP contribution in [0.1, 0.15) is 36.8 Å². The van der Waals surface area contributed by atoms with Crippen molar-refractivity contribution in [2.24, 2.45) is 5.41 Å². The average molecular weight is 283 g/mol. The molecule has 0 bridgehead atoms. The molecule has 0 atom stereocenters. The summed E-state index contributed by atoms with van der Waals surface area (Å²) in [6.07, 6.45) is 3.98. The van der Waals surface area contributed by atoms with Crippen molar-refractivity contribution >= 4 is 5.91 Å². The van der Waals surface area contributed by atoms with Crippen molar-refractivity contribution in [3.8, 4) is 6.07 Å². The van der Waals surface area contributed by atoms with E-state index in [1.54, 1.807) is 0 Å². The van der Waals surface area contributed by atoms with Gasteiger partial charge in [-0.15, -0.1) is 0 Å². The summed E-state index contributed by atoms with van der Waals surface area (Å²) in [7, 11) is 0. The number of nitrogens with zero attached hydrogens (tertiary/aromatic N) is 2. The predicted molar refractivity (Wildman–Crippen MR) is 80.3 cm³/mol. The maximum absolute atomic E-state index is 12.9. The first kappa shape index (κ1) is 14.1. The zero-order chi connectivity index (χ0) is 14.7. The monoisotopic (exact) mass is 283 g/mol. The highest BCUT2D eigenvalue weighted by Gasteiger charge is 2.44. The smallest absolute Gasteiger partial charge is 0.229 e. The zero-order valence-electron chi connectivity index (χ0n) is 12.3. The third kappa shape index (κ3) is 2.66. The molecule has 4 nitrogen and oxygen atoms in total. The number of likely N-dealkylation sites (tertiary alicyclic amines) is 1. The number of benzene rings is 1. The third-order valence-electron chi connectivity index (χ3n) is 4.88. The molecule has 2 fully saturated rings. The van der Waals surface area contributed by atoms with Crippen LogP contribution in [0.3, 0.4) is 0 Å². The van der Waals surface area contributed by atoms with E-state index in [9.17, 15) is 10.1 Å². The van der Waals surface area contributed by atoms with Gasteiger partial charge in [0.05, 0.1) is 17.0 Å². The Bertz CT molecular complexity index is 564. The first-order chi connectivity index (χ1) is 10.2. The fourth-order valence-electron chi connectivity index (χ4n) is 3.65. The van der Waals surface area contributed by atoms with Crippen molar-refractivity contribution in [1.29, 1.82) is 5.26 Å². The van der Waals surface area contributed by atoms with Crippen molar-refractivity contribution in [2.45, 2.75) is 32.2 Å². The molecular formula is C17H21N3O. The van der Waals surface area contributed by atoms with Crippen LogP contribution in [0.25, 0.3) is 0 Å². The summed E-state index contributed by atoms with van der Waals surface area (Å²) in [5.74, 6) is 0.294. The lowest BCUT2D eigenvalue weighted by molar-refractivity contribution is -0.149. The number of hydrogen-bond donors (Lipinski definition) is 1. The highest BCUT2D eigenvalue weighted by molar-refractivity contribution is 5.83. The Balaban J connectivity index is 1.79. The van der Waals surface area contributed by atoms with Gasteiger partial charge in [-0.2, -0.15) is 5.26 Å². The van der Waals surface area contributed by atoms with E-state index < -0.39 is 0 Å². The van der Waals surface area contributed by atoms with E-state index in [1.807, 2.05) is 29.2 Å². The van der Waals surface area contributed by atoms with Gasteiger partial charge in [-0.1, -0.05) is 18.2 Å². The largest absolute Gasteiger partial charge is 0.338 e. The summed E-state index contributed by atoms with van der Waals surface area (Å²) in [6, 6.07) is 9.81. The van der Waals surface area contributed by atoms with E-state index in [4.69, 9.17) is 0 Å². The van der Waals surface area contributed by atoms with Crippen LogP contribution >= 0.6 is 0 Å². The molecule has 1 N–H and O–H groups in total. The fourth-order valence-corrected chi connectivity index (χ4v) is 3.65. The molecule has 2 heterocycles. The van der Waals surface area contributed by atoms with Crippen molar-refractivity contribution < 1.29 is 4.79 Å². The van der Waals surface area contributed by atoms with Crippen LogP contribution in [0.4, 0.5) is 0 Å². The minimum atomic E-state index is -0.148. The Morgan fingerprint density at radius 3 is 2.76 bits per heavy atom. The molecule has 0 aromatic heterocycles. The topological polar surface area (TPSA) is 56.1 Å². The molecule has 1 aromatic carbocycles. The number of carbonyl (C=O) groups is 1. The highest BCUT2D eigenvalue weighted by atomic mass is 16.2. The Kier molecular flexibility index (Phi) is 3.94. The second-order valence-electron chi connectivity index (χ2n) is 6.13. The molecule has 4 heteroatoms. The van der Waals surface area contributed by atoms with Gasteiger partial charge in [-0.05, 0) is 50.4 Å². The number of piperidine rings is 2. The number of rotatable bonds is 2. The molecule has 0 aliphatic carbocycles. The Hall–Kier alpha value is -1.86. The molecule has 2 saturated heterocycles. The Morgan fingerprint density at radius 1 is 1.24 bits per heavy atom. The van der Waals surface area contributed by atoms with E-state index in [0.29, 0.717) is 18.0 Å². The normalized spacial score (nSPS) is 21.3. The van der Waals surface area contributed by atoms with Crippen LogP contribution in [-0.2, 0) is 11.3 Å². The number of hydrogen-bond acceptors (Lipinski definition) is 3. The van der Waals surface area contributed by atoms with Crippen LogP contribution in [0.2, 0.25) is 0 Å². The molecular weight excluding hydrogens is 262 g/mol. The molecule has 0 unspecified atom stereocenters. The number of nitrogens with one attached hydrogen (secondary N) is 1. The minimum absolute atomic E-state index is 0.148. The Labute approximate surface area is 125 Å². The molecule has 3 rings (SSSR count). The van der Waals surface area contributed by atoms with Crippen LogP contribution in [0, 0.1) is 16.7 Å². The van der Waals surface area contributed by atoms with Gasteiger partial charge in [0, 0.05) is 13.1 Å². The molecule has 2 aliphatic heterocycles. The van der Waals surface area contributed by atoms with Gasteiger partial charge >= 0.3 is 0 Å². The fraction of sp³-hybridized carbons (Fsp3) is 0.529. The number of nitriles is 1. The summed E-state index contributed by atoms with van der Waals surface area (Å²) in [4.78, 5) is 14.9. The van der Waals surface area contributed by atoms with Crippen molar-refractivity contribution in [3.63, 3.8) is 0 Å². The zero-order valence-corrected chi connectivity index (χ0v) is 12.3. The highest BCUT2D eigenvalue weighted by Crippen LogP contribution is 2.39. The van der Waals surface area contributed by atoms with Crippen LogP contribution in [0.5, 0.6) is 0 Å². The maximum atomic E-state index is 12.9. The lowest BCUT2D eigenvalue weighted by Gasteiger charge is -2.44. The quantitative estimate of drug-likeness (QED) is 0.903. The van der Waals surface area contributed by atoms with Gasteiger partial charge in [0.25, 0.3) is 0 Å². The molecule has 1 amide bonds. The standard InChI is InChI=1S/C17H21N3O/c18-12-14-4-1-2-5-15(14)13-20-11-3-6-17(16(20)21)7-9-19-10-8-17/h1-2,4-5,19H,3,6-11,13H2. The molecule has 110 valence electrons. The maximum Gasteiger partial charge on any atom is 0.229 e. The minimum Gasteiger partial charge on any atom is -0.338 e. The molecule has 1 aromatic rings. The van der Waals surface area contributed by atoms with Crippen molar-refractivity contribution in [3.05, 3.63) is 35.4 Å². The lowest BCUT2D eigenvalue weighted by atomic mass is 9.72. The second kappa shape index (κ2) is 5.87. The van der Waals surface area contributed by atoms with Gasteiger partial charge in [-0.25, -0.2) is 0 Å². The van der Waals surface area contributed by atoms with Crippen molar-refractivity contribution in [1.82, 2.24) is 10.2 Å². The second-order valence-corrected chi connectivity index (χ2v) is 6.13. The Morgan fingerprint density at radius 2 is 2.00 bits per heavy atom. The van der Waals surface area contributed by atoms with Gasteiger partial charge in [0.1, 0.15) is 0 Å². The third-order valence-corrected chi connectivity index (χ3v) is 4.88. The average Bonchev–Trinajstić information content (AvgIpc) is 2.53. The van der Waals surface area contributed by atoms with Gasteiger partial charge in [-0.3, -0.25) is 4.79 Å². The number of carbonyl (C=O) groups excluding carboxylic acids is 1. The van der Waals surface area contributed by atoms with E-state index in [0.717, 1.165) is 50.9 Å². The van der Waals surface area contributed by atoms with Gasteiger partial charge in [0.2, 0.25) is 5.91 Å². The summed E-state index contributed by atoms with van der Waals surface area (Å²) >= 11 is 0. The van der Waals surface area contributed by atoms with E-state index in [-0.39, 0.29) is 5.41 Å². The summed E-state index contributed by atoms with van der Waals surface area (Å²) in [6.45, 7) is 3.26. The lowest BCUT2D eigenvalue weighted by Crippen LogP contribution is -2.52. The van der Waals surface area contributed by atoms with E-state index in [1.165, 1.54) is 0 Å². The van der Waals surface area contributed by atoms with E-state index >= 15 is 0 Å². The van der Waals surface area contributed by atoms with Crippen molar-refractivity contribution in [2.75, 3.05) is 19.6 Å². The first-order valence-electron chi connectivity index (χ1n) is 7.73. The number of amides is 1. The van der Waals surface area contributed by atoms with Crippen LogP contribution in [-0.4, -0.2) is 30.4 Å².